The number of halogens is 7. The van der Waals surface area contributed by atoms with Gasteiger partial charge in [-0.2, -0.15) is 26.3 Å². The predicted octanol–water partition coefficient (Wildman–Crippen LogP) is 2.67. The van der Waals surface area contributed by atoms with E-state index in [1.54, 1.807) is 0 Å². The largest absolute Gasteiger partial charge is 0.426 e. The molecule has 0 fully saturated rings. The predicted molar refractivity (Wildman–Crippen MR) is 63.5 cm³/mol. The Morgan fingerprint density at radius 2 is 1.50 bits per heavy atom. The molecule has 3 nitrogen and oxygen atoms in total. The van der Waals surface area contributed by atoms with Gasteiger partial charge >= 0.3 is 12.4 Å². The minimum atomic E-state index is -5.74. The van der Waals surface area contributed by atoms with Gasteiger partial charge in [-0.25, -0.2) is 9.38 Å². The highest BCUT2D eigenvalue weighted by Gasteiger charge is 2.77. The smallest absolute Gasteiger partial charge is 0.341 e. The van der Waals surface area contributed by atoms with E-state index in [-0.39, 0.29) is 5.56 Å². The molecule has 2 rings (SSSR count). The molecule has 2 N–H and O–H groups in total. The van der Waals surface area contributed by atoms with Crippen LogP contribution >= 0.6 is 0 Å². The van der Waals surface area contributed by atoms with Gasteiger partial charge < -0.3 is 10.6 Å². The van der Waals surface area contributed by atoms with Gasteiger partial charge in [0.15, 0.2) is 0 Å². The highest BCUT2D eigenvalue weighted by Crippen LogP contribution is 2.51. The van der Waals surface area contributed by atoms with Crippen molar-refractivity contribution >= 4 is 5.84 Å². The van der Waals surface area contributed by atoms with E-state index in [0.717, 1.165) is 31.3 Å². The molecular formula is C12H10F7N3. The van der Waals surface area contributed by atoms with Crippen LogP contribution in [0.5, 0.6) is 0 Å². The van der Waals surface area contributed by atoms with E-state index in [0.29, 0.717) is 4.90 Å². The first kappa shape index (κ1) is 16.5. The number of benzene rings is 1. The van der Waals surface area contributed by atoms with Gasteiger partial charge in [0.25, 0.3) is 5.54 Å². The van der Waals surface area contributed by atoms with Crippen LogP contribution in [-0.4, -0.2) is 41.8 Å². The van der Waals surface area contributed by atoms with E-state index in [9.17, 15) is 30.7 Å². The van der Waals surface area contributed by atoms with Gasteiger partial charge in [-0.1, -0.05) is 0 Å². The molecule has 1 aromatic rings. The number of likely N-dealkylation sites (N-methyl/N-ethyl adjacent to an activating group) is 1. The third-order valence-electron chi connectivity index (χ3n) is 3.43. The molecule has 0 spiro atoms. The molecule has 1 aliphatic rings. The van der Waals surface area contributed by atoms with Crippen LogP contribution in [0.4, 0.5) is 30.7 Å². The van der Waals surface area contributed by atoms with Crippen molar-refractivity contribution in [2.75, 3.05) is 7.05 Å². The lowest BCUT2D eigenvalue weighted by Crippen LogP contribution is -2.66. The molecule has 22 heavy (non-hydrogen) atoms. The van der Waals surface area contributed by atoms with Crippen LogP contribution in [-0.2, 0) is 0 Å². The van der Waals surface area contributed by atoms with E-state index in [1.807, 2.05) is 0 Å². The van der Waals surface area contributed by atoms with Gasteiger partial charge in [-0.05, 0) is 24.3 Å². The molecule has 1 aliphatic heterocycles. The highest BCUT2D eigenvalue weighted by molar-refractivity contribution is 6.00. The van der Waals surface area contributed by atoms with E-state index in [4.69, 9.17) is 5.73 Å². The summed E-state index contributed by atoms with van der Waals surface area (Å²) in [4.78, 5) is 3.45. The van der Waals surface area contributed by atoms with Crippen molar-refractivity contribution in [3.05, 3.63) is 35.6 Å². The quantitative estimate of drug-likeness (QED) is 0.805. The van der Waals surface area contributed by atoms with Crippen molar-refractivity contribution in [1.29, 1.82) is 0 Å². The number of aliphatic imine (C=N–C) groups is 1. The molecule has 0 aromatic heterocycles. The fourth-order valence-electron chi connectivity index (χ4n) is 2.21. The second-order valence-electron chi connectivity index (χ2n) is 4.76. The molecule has 122 valence electrons. The fraction of sp³-hybridized carbons (Fsp3) is 0.417. The Morgan fingerprint density at radius 3 is 1.86 bits per heavy atom. The zero-order chi connectivity index (χ0) is 16.9. The van der Waals surface area contributed by atoms with Crippen LogP contribution in [0.1, 0.15) is 5.56 Å². The molecule has 0 radical (unpaired) electrons. The maximum Gasteiger partial charge on any atom is 0.426 e. The van der Waals surface area contributed by atoms with Gasteiger partial charge in [0, 0.05) is 12.6 Å². The van der Waals surface area contributed by atoms with Crippen molar-refractivity contribution in [1.82, 2.24) is 4.90 Å². The molecule has 10 heteroatoms. The summed E-state index contributed by atoms with van der Waals surface area (Å²) in [5, 5.41) is 0. The number of nitrogens with two attached hydrogens (primary N) is 1. The lowest BCUT2D eigenvalue weighted by atomic mass is 9.95. The first-order valence-corrected chi connectivity index (χ1v) is 5.89. The first-order valence-electron chi connectivity index (χ1n) is 5.89. The van der Waals surface area contributed by atoms with Crippen LogP contribution < -0.4 is 5.73 Å². The maximum absolute atomic E-state index is 13.1. The number of hydrogen-bond donors (Lipinski definition) is 1. The summed E-state index contributed by atoms with van der Waals surface area (Å²) in [7, 11) is 0.964. The summed E-state index contributed by atoms with van der Waals surface area (Å²) >= 11 is 0. The Hall–Kier alpha value is -1.84. The van der Waals surface area contributed by atoms with Gasteiger partial charge in [0.2, 0.25) is 0 Å². The fourth-order valence-corrected chi connectivity index (χ4v) is 2.21. The number of nitrogens with zero attached hydrogens (tertiary/aromatic N) is 2. The summed E-state index contributed by atoms with van der Waals surface area (Å²) < 4.78 is 91.4. The second-order valence-corrected chi connectivity index (χ2v) is 4.76. The summed E-state index contributed by atoms with van der Waals surface area (Å²) in [5.74, 6) is -1.30. The Bertz CT molecular complexity index is 574. The molecule has 0 unspecified atom stereocenters. The molecule has 0 saturated carbocycles. The first-order chi connectivity index (χ1) is 9.92. The Balaban J connectivity index is 2.64. The lowest BCUT2D eigenvalue weighted by Gasteiger charge is -2.36. The van der Waals surface area contributed by atoms with Gasteiger partial charge in [0.05, 0.1) is 0 Å². The summed E-state index contributed by atoms with van der Waals surface area (Å²) in [6.07, 6.45) is -13.9. The second kappa shape index (κ2) is 4.83. The van der Waals surface area contributed by atoms with Crippen molar-refractivity contribution in [2.45, 2.75) is 24.1 Å². The zero-order valence-electron chi connectivity index (χ0n) is 11.0. The summed E-state index contributed by atoms with van der Waals surface area (Å²) in [6, 6.07) is 3.86. The average Bonchev–Trinajstić information content (AvgIpc) is 2.64. The number of amidine groups is 1. The van der Waals surface area contributed by atoms with Crippen LogP contribution in [0, 0.1) is 5.82 Å². The third-order valence-corrected chi connectivity index (χ3v) is 3.43. The maximum atomic E-state index is 13.1. The molecule has 0 saturated heterocycles. The van der Waals surface area contributed by atoms with E-state index >= 15 is 0 Å². The monoisotopic (exact) mass is 329 g/mol. The van der Waals surface area contributed by atoms with E-state index in [1.165, 1.54) is 0 Å². The van der Waals surface area contributed by atoms with Crippen molar-refractivity contribution in [3.8, 4) is 0 Å². The normalized spacial score (nSPS) is 22.0. The minimum absolute atomic E-state index is 0.102. The molecule has 1 aromatic carbocycles. The lowest BCUT2D eigenvalue weighted by molar-refractivity contribution is -0.302. The van der Waals surface area contributed by atoms with Crippen molar-refractivity contribution < 1.29 is 30.7 Å². The van der Waals surface area contributed by atoms with Gasteiger partial charge in [0.1, 0.15) is 17.8 Å². The van der Waals surface area contributed by atoms with Gasteiger partial charge in [-0.3, -0.25) is 0 Å². The molecular weight excluding hydrogens is 319 g/mol. The van der Waals surface area contributed by atoms with Crippen LogP contribution in [0.3, 0.4) is 0 Å². The highest BCUT2D eigenvalue weighted by atomic mass is 19.4. The standard InChI is InChI=1S/C12H10F7N3/c1-22-8(6-2-4-7(13)5-3-6)21-10(9(22)20,11(14,15)16)12(17,18)19/h2-5,9H,20H2,1H3/t9-/m0/s1. The van der Waals surface area contributed by atoms with E-state index in [2.05, 4.69) is 4.99 Å². The van der Waals surface area contributed by atoms with E-state index < -0.39 is 35.7 Å². The molecule has 0 aliphatic carbocycles. The van der Waals surface area contributed by atoms with Crippen LogP contribution in [0.15, 0.2) is 29.3 Å². The zero-order valence-corrected chi connectivity index (χ0v) is 11.0. The third kappa shape index (κ3) is 2.21. The Kier molecular flexibility index (Phi) is 3.63. The number of alkyl halides is 6. The summed E-state index contributed by atoms with van der Waals surface area (Å²) in [6.45, 7) is 0. The number of hydrogen-bond acceptors (Lipinski definition) is 3. The average molecular weight is 329 g/mol. The SMILES string of the molecule is CN1C(c2ccc(F)cc2)=NC(C(F)(F)F)(C(F)(F)F)[C@H]1N. The molecule has 0 bridgehead atoms. The Labute approximate surface area is 120 Å². The topological polar surface area (TPSA) is 41.6 Å². The van der Waals surface area contributed by atoms with Crippen molar-refractivity contribution in [3.63, 3.8) is 0 Å². The molecule has 0 amide bonds. The molecule has 1 atom stereocenters. The summed E-state index contributed by atoms with van der Waals surface area (Å²) in [5.41, 5.74) is 0.651. The van der Waals surface area contributed by atoms with Crippen LogP contribution in [0.25, 0.3) is 0 Å². The van der Waals surface area contributed by atoms with Crippen LogP contribution in [0.2, 0.25) is 0 Å². The Morgan fingerprint density at radius 1 is 1.05 bits per heavy atom. The number of rotatable bonds is 1. The van der Waals surface area contributed by atoms with Gasteiger partial charge in [-0.15, -0.1) is 0 Å². The van der Waals surface area contributed by atoms with Crippen molar-refractivity contribution in [2.24, 2.45) is 10.7 Å². The molecule has 1 heterocycles. The minimum Gasteiger partial charge on any atom is -0.341 e.